The fourth-order valence-corrected chi connectivity index (χ4v) is 5.50. The lowest BCUT2D eigenvalue weighted by Crippen LogP contribution is -2.22. The lowest BCUT2D eigenvalue weighted by atomic mass is 10.0. The zero-order valence-corrected chi connectivity index (χ0v) is 21.8. The van der Waals surface area contributed by atoms with E-state index < -0.39 is 5.25 Å². The molecule has 1 aromatic heterocycles. The quantitative estimate of drug-likeness (QED) is 0.256. The minimum absolute atomic E-state index is 0.174. The number of carbonyl (C=O) groups excluding carboxylic acids is 2. The molecule has 1 heterocycles. The maximum atomic E-state index is 13.0. The first-order chi connectivity index (χ1) is 17.4. The molecule has 0 saturated heterocycles. The van der Waals surface area contributed by atoms with Crippen molar-refractivity contribution in [1.29, 1.82) is 5.26 Å². The van der Waals surface area contributed by atoms with Crippen molar-refractivity contribution in [3.05, 3.63) is 100 Å². The third-order valence-corrected chi connectivity index (χ3v) is 7.65. The van der Waals surface area contributed by atoms with Crippen LogP contribution in [0, 0.1) is 25.2 Å². The first-order valence-corrected chi connectivity index (χ1v) is 13.1. The van der Waals surface area contributed by atoms with E-state index in [1.165, 1.54) is 23.1 Å². The summed E-state index contributed by atoms with van der Waals surface area (Å²) in [6.45, 7) is 5.73. The normalized spacial score (nSPS) is 11.4. The van der Waals surface area contributed by atoms with E-state index in [9.17, 15) is 14.9 Å². The fraction of sp³-hybridized carbons (Fsp3) is 0.138. The van der Waals surface area contributed by atoms with Crippen molar-refractivity contribution in [3.8, 4) is 17.2 Å². The van der Waals surface area contributed by atoms with E-state index in [-0.39, 0.29) is 11.8 Å². The Morgan fingerprint density at radius 2 is 1.72 bits per heavy atom. The van der Waals surface area contributed by atoms with Crippen LogP contribution >= 0.6 is 23.1 Å². The molecule has 5 nitrogen and oxygen atoms in total. The number of anilines is 2. The van der Waals surface area contributed by atoms with E-state index in [4.69, 9.17) is 0 Å². The summed E-state index contributed by atoms with van der Waals surface area (Å²) in [5.41, 5.74) is 5.56. The van der Waals surface area contributed by atoms with Gasteiger partial charge in [0.25, 0.3) is 5.91 Å². The van der Waals surface area contributed by atoms with E-state index in [0.717, 1.165) is 27.1 Å². The molecular formula is C29H25N3O2S2. The summed E-state index contributed by atoms with van der Waals surface area (Å²) in [4.78, 5) is 26.5. The first-order valence-electron chi connectivity index (χ1n) is 11.4. The molecule has 3 aromatic carbocycles. The van der Waals surface area contributed by atoms with Crippen molar-refractivity contribution in [2.45, 2.75) is 30.9 Å². The highest BCUT2D eigenvalue weighted by molar-refractivity contribution is 8.00. The number of hydrogen-bond acceptors (Lipinski definition) is 5. The number of hydrogen-bond donors (Lipinski definition) is 2. The molecule has 4 aromatic rings. The van der Waals surface area contributed by atoms with Gasteiger partial charge in [-0.15, -0.1) is 23.1 Å². The van der Waals surface area contributed by atoms with Crippen LogP contribution in [0.2, 0.25) is 0 Å². The number of thiophene rings is 1. The summed E-state index contributed by atoms with van der Waals surface area (Å²) in [6.07, 6.45) is 0. The van der Waals surface area contributed by atoms with Crippen LogP contribution in [0.1, 0.15) is 34.0 Å². The van der Waals surface area contributed by atoms with E-state index in [2.05, 4.69) is 16.7 Å². The number of benzene rings is 3. The van der Waals surface area contributed by atoms with Gasteiger partial charge in [0.2, 0.25) is 5.91 Å². The van der Waals surface area contributed by atoms with Gasteiger partial charge in [-0.2, -0.15) is 5.26 Å². The molecule has 0 saturated carbocycles. The first kappa shape index (κ1) is 25.2. The number of amides is 2. The molecule has 36 heavy (non-hydrogen) atoms. The van der Waals surface area contributed by atoms with Gasteiger partial charge in [-0.25, -0.2) is 0 Å². The van der Waals surface area contributed by atoms with E-state index in [1.807, 2.05) is 92.9 Å². The largest absolute Gasteiger partial charge is 0.322 e. The van der Waals surface area contributed by atoms with E-state index in [0.29, 0.717) is 21.8 Å². The van der Waals surface area contributed by atoms with Crippen LogP contribution in [0.15, 0.2) is 83.1 Å². The highest BCUT2D eigenvalue weighted by atomic mass is 32.2. The molecule has 0 radical (unpaired) electrons. The standard InChI is InChI=1S/C29H25N3O2S2/c1-18-11-13-21(14-12-18)26-17-35-29(25(26)16-30)32-27(33)20(3)36-23-9-6-8-22(15-23)31-28(34)24-10-5-4-7-19(24)2/h4-15,17,20H,1-3H3,(H,31,34)(H,32,33). The Labute approximate surface area is 219 Å². The van der Waals surface area contributed by atoms with Gasteiger partial charge in [-0.05, 0) is 56.2 Å². The fourth-order valence-electron chi connectivity index (χ4n) is 3.65. The summed E-state index contributed by atoms with van der Waals surface area (Å²) in [6, 6.07) is 25.1. The minimum Gasteiger partial charge on any atom is -0.322 e. The Morgan fingerprint density at radius 3 is 2.44 bits per heavy atom. The van der Waals surface area contributed by atoms with Crippen molar-refractivity contribution in [1.82, 2.24) is 0 Å². The molecular weight excluding hydrogens is 486 g/mol. The molecule has 2 N–H and O–H groups in total. The van der Waals surface area contributed by atoms with Crippen LogP contribution in [0.3, 0.4) is 0 Å². The minimum atomic E-state index is -0.413. The molecule has 0 spiro atoms. The van der Waals surface area contributed by atoms with Gasteiger partial charge in [0.05, 0.1) is 10.8 Å². The zero-order chi connectivity index (χ0) is 25.7. The predicted molar refractivity (Wildman–Crippen MR) is 149 cm³/mol. The van der Waals surface area contributed by atoms with Gasteiger partial charge in [-0.1, -0.05) is 54.1 Å². The third-order valence-electron chi connectivity index (χ3n) is 5.67. The van der Waals surface area contributed by atoms with Crippen LogP contribution in [-0.2, 0) is 4.79 Å². The average Bonchev–Trinajstić information content (AvgIpc) is 3.27. The van der Waals surface area contributed by atoms with Crippen LogP contribution in [0.5, 0.6) is 0 Å². The number of rotatable bonds is 7. The maximum absolute atomic E-state index is 13.0. The Balaban J connectivity index is 1.43. The van der Waals surface area contributed by atoms with Crippen LogP contribution in [0.4, 0.5) is 10.7 Å². The molecule has 2 amide bonds. The van der Waals surface area contributed by atoms with Crippen LogP contribution < -0.4 is 10.6 Å². The predicted octanol–water partition coefficient (Wildman–Crippen LogP) is 7.28. The lowest BCUT2D eigenvalue weighted by molar-refractivity contribution is -0.115. The number of carbonyl (C=O) groups is 2. The molecule has 0 aliphatic carbocycles. The Kier molecular flexibility index (Phi) is 7.89. The molecule has 1 atom stereocenters. The molecule has 180 valence electrons. The summed E-state index contributed by atoms with van der Waals surface area (Å²) >= 11 is 2.74. The second-order valence-electron chi connectivity index (χ2n) is 8.38. The number of thioether (sulfide) groups is 1. The molecule has 1 unspecified atom stereocenters. The van der Waals surface area contributed by atoms with Crippen LogP contribution in [-0.4, -0.2) is 17.1 Å². The molecule has 0 aliphatic heterocycles. The molecule has 0 fully saturated rings. The second kappa shape index (κ2) is 11.3. The van der Waals surface area contributed by atoms with Crippen molar-refractivity contribution >= 4 is 45.6 Å². The Morgan fingerprint density at radius 1 is 0.972 bits per heavy atom. The third kappa shape index (κ3) is 5.85. The Hall–Kier alpha value is -3.86. The highest BCUT2D eigenvalue weighted by Crippen LogP contribution is 2.36. The number of nitriles is 1. The number of nitrogens with one attached hydrogen (secondary N) is 2. The number of nitrogens with zero attached hydrogens (tertiary/aromatic N) is 1. The summed E-state index contributed by atoms with van der Waals surface area (Å²) in [5.74, 6) is -0.365. The molecule has 0 bridgehead atoms. The SMILES string of the molecule is Cc1ccc(-c2csc(NC(=O)C(C)Sc3cccc(NC(=O)c4ccccc4C)c3)c2C#N)cc1. The molecule has 4 rings (SSSR count). The Bertz CT molecular complexity index is 1450. The molecule has 0 aliphatic rings. The van der Waals surface area contributed by atoms with Gasteiger partial charge >= 0.3 is 0 Å². The van der Waals surface area contributed by atoms with E-state index >= 15 is 0 Å². The second-order valence-corrected chi connectivity index (χ2v) is 10.7. The van der Waals surface area contributed by atoms with Crippen molar-refractivity contribution in [2.24, 2.45) is 0 Å². The summed E-state index contributed by atoms with van der Waals surface area (Å²) in [5, 5.41) is 17.6. The average molecular weight is 512 g/mol. The van der Waals surface area contributed by atoms with Gasteiger partial charge < -0.3 is 10.6 Å². The molecule has 7 heteroatoms. The van der Waals surface area contributed by atoms with Crippen molar-refractivity contribution in [2.75, 3.05) is 10.6 Å². The summed E-state index contributed by atoms with van der Waals surface area (Å²) < 4.78 is 0. The topological polar surface area (TPSA) is 82.0 Å². The van der Waals surface area contributed by atoms with Gasteiger partial charge in [-0.3, -0.25) is 9.59 Å². The monoisotopic (exact) mass is 511 g/mol. The summed E-state index contributed by atoms with van der Waals surface area (Å²) in [7, 11) is 0. The highest BCUT2D eigenvalue weighted by Gasteiger charge is 2.20. The smallest absolute Gasteiger partial charge is 0.255 e. The van der Waals surface area contributed by atoms with Crippen molar-refractivity contribution in [3.63, 3.8) is 0 Å². The van der Waals surface area contributed by atoms with E-state index in [1.54, 1.807) is 6.07 Å². The van der Waals surface area contributed by atoms with Crippen LogP contribution in [0.25, 0.3) is 11.1 Å². The zero-order valence-electron chi connectivity index (χ0n) is 20.2. The maximum Gasteiger partial charge on any atom is 0.255 e. The number of aryl methyl sites for hydroxylation is 2. The van der Waals surface area contributed by atoms with Gasteiger partial charge in [0, 0.05) is 27.1 Å². The van der Waals surface area contributed by atoms with Gasteiger partial charge in [0.15, 0.2) is 0 Å². The van der Waals surface area contributed by atoms with Gasteiger partial charge in [0.1, 0.15) is 11.1 Å². The van der Waals surface area contributed by atoms with Crippen molar-refractivity contribution < 1.29 is 9.59 Å². The lowest BCUT2D eigenvalue weighted by Gasteiger charge is -2.13.